The fourth-order valence-corrected chi connectivity index (χ4v) is 5.31. The summed E-state index contributed by atoms with van der Waals surface area (Å²) >= 11 is 0. The maximum Gasteiger partial charge on any atom is 0.308 e. The molecule has 0 bridgehead atoms. The molecule has 1 aromatic heterocycles. The maximum absolute atomic E-state index is 12.5. The Morgan fingerprint density at radius 1 is 1.14 bits per heavy atom. The Hall–Kier alpha value is -2.46. The van der Waals surface area contributed by atoms with E-state index in [4.69, 9.17) is 14.2 Å². The number of rotatable bonds is 6. The van der Waals surface area contributed by atoms with E-state index < -0.39 is 11.4 Å². The molecule has 5 nitrogen and oxygen atoms in total. The molecule has 0 saturated carbocycles. The van der Waals surface area contributed by atoms with Gasteiger partial charge in [0.2, 0.25) is 0 Å². The van der Waals surface area contributed by atoms with E-state index in [0.717, 1.165) is 11.0 Å². The summed E-state index contributed by atoms with van der Waals surface area (Å²) in [5.74, 6) is -1.06. The molecule has 0 radical (unpaired) electrons. The lowest BCUT2D eigenvalue weighted by Crippen LogP contribution is -2.45. The van der Waals surface area contributed by atoms with Crippen molar-refractivity contribution in [2.75, 3.05) is 0 Å². The zero-order valence-electron chi connectivity index (χ0n) is 23.1. The van der Waals surface area contributed by atoms with Crippen LogP contribution in [-0.4, -0.2) is 34.1 Å². The summed E-state index contributed by atoms with van der Waals surface area (Å²) in [6, 6.07) is 17.4. The highest BCUT2D eigenvalue weighted by Crippen LogP contribution is 2.38. The Morgan fingerprint density at radius 3 is 2.46 bits per heavy atom. The van der Waals surface area contributed by atoms with E-state index in [1.807, 2.05) is 34.6 Å². The number of hydrogen-bond donors (Lipinski definition) is 0. The van der Waals surface area contributed by atoms with Crippen LogP contribution in [0.25, 0.3) is 28.1 Å². The second-order valence-corrected chi connectivity index (χ2v) is 12.2. The normalized spacial score (nSPS) is 20.1. The van der Waals surface area contributed by atoms with Crippen molar-refractivity contribution in [1.82, 2.24) is 4.57 Å². The molecule has 2 heterocycles. The molecule has 4 rings (SSSR count). The lowest BCUT2D eigenvalue weighted by molar-refractivity contribution is -0.290. The van der Waals surface area contributed by atoms with Crippen LogP contribution in [0.2, 0.25) is 0 Å². The number of ether oxygens (including phenoxy) is 3. The predicted molar refractivity (Wildman–Crippen MR) is 155 cm³/mol. The zero-order valence-corrected chi connectivity index (χ0v) is 24.2. The predicted octanol–water partition coefficient (Wildman–Crippen LogP) is 7.04. The first-order valence-electron chi connectivity index (χ1n) is 13.1. The minimum Gasteiger partial charge on any atom is -0.460 e. The lowest BCUT2D eigenvalue weighted by atomic mass is 10.0. The molecule has 2 aromatic carbocycles. The molecule has 1 saturated heterocycles. The van der Waals surface area contributed by atoms with Gasteiger partial charge < -0.3 is 18.8 Å². The summed E-state index contributed by atoms with van der Waals surface area (Å²) in [4.78, 5) is 12.5. The van der Waals surface area contributed by atoms with Crippen molar-refractivity contribution in [1.29, 1.82) is 0 Å². The molecular formula is C31H40NO4P. The van der Waals surface area contributed by atoms with Crippen LogP contribution >= 0.6 is 9.24 Å². The number of fused-ring (bicyclic) bond motifs is 1. The highest BCUT2D eigenvalue weighted by atomic mass is 31.0. The molecule has 3 aromatic rings. The minimum absolute atomic E-state index is 0.197. The largest absolute Gasteiger partial charge is 0.460 e. The highest BCUT2D eigenvalue weighted by Gasteiger charge is 2.36. The average Bonchev–Trinajstić information content (AvgIpc) is 3.10. The number of nitrogens with zero attached hydrogens (tertiary/aromatic N) is 1. The van der Waals surface area contributed by atoms with Crippen LogP contribution in [0.3, 0.4) is 0 Å². The molecule has 1 aliphatic rings. The Labute approximate surface area is 223 Å². The molecule has 0 N–H and O–H groups in total. The number of para-hydroxylation sites is 1. The molecule has 1 fully saturated rings. The van der Waals surface area contributed by atoms with E-state index in [2.05, 4.69) is 88.3 Å². The smallest absolute Gasteiger partial charge is 0.308 e. The van der Waals surface area contributed by atoms with Gasteiger partial charge in [-0.3, -0.25) is 4.79 Å². The zero-order chi connectivity index (χ0) is 27.0. The summed E-state index contributed by atoms with van der Waals surface area (Å²) in [6.07, 6.45) is 4.61. The van der Waals surface area contributed by atoms with Crippen molar-refractivity contribution < 1.29 is 19.0 Å². The van der Waals surface area contributed by atoms with Gasteiger partial charge in [0.05, 0.1) is 18.6 Å². The Kier molecular flexibility index (Phi) is 7.99. The number of esters is 1. The summed E-state index contributed by atoms with van der Waals surface area (Å²) in [5.41, 5.74) is 4.22. The SMILES string of the molecule is CC(C)n1c(/C=C/C2CC(CC(=O)OC(C)(C)C)OC(C)(C)O2)c(-c2ccc(P)cc2)c2ccccc21. The molecule has 1 aliphatic heterocycles. The van der Waals surface area contributed by atoms with E-state index in [1.54, 1.807) is 0 Å². The van der Waals surface area contributed by atoms with Gasteiger partial charge in [0.15, 0.2) is 5.79 Å². The van der Waals surface area contributed by atoms with Crippen LogP contribution in [0.15, 0.2) is 54.6 Å². The first-order valence-corrected chi connectivity index (χ1v) is 13.7. The first kappa shape index (κ1) is 27.6. The molecule has 3 atom stereocenters. The standard InChI is InChI=1S/C31H40NO4P/c1-20(2)32-26-11-9-8-10-25(26)29(21-12-15-24(37)16-13-21)27(32)17-14-22-18-23(35-31(6,7)34-22)19-28(33)36-30(3,4)5/h8-17,20,22-23H,18-19,37H2,1-7H3/b17-14+. The fraction of sp³-hybridized carbons (Fsp3) is 0.452. The third-order valence-corrected chi connectivity index (χ3v) is 6.71. The van der Waals surface area contributed by atoms with Gasteiger partial charge in [0, 0.05) is 34.6 Å². The van der Waals surface area contributed by atoms with E-state index in [9.17, 15) is 4.79 Å². The monoisotopic (exact) mass is 521 g/mol. The third kappa shape index (κ3) is 6.71. The van der Waals surface area contributed by atoms with Gasteiger partial charge in [-0.1, -0.05) is 48.5 Å². The van der Waals surface area contributed by atoms with Crippen molar-refractivity contribution in [2.24, 2.45) is 0 Å². The molecule has 6 heteroatoms. The van der Waals surface area contributed by atoms with Gasteiger partial charge in [-0.25, -0.2) is 0 Å². The summed E-state index contributed by atoms with van der Waals surface area (Å²) in [6.45, 7) is 13.9. The second kappa shape index (κ2) is 10.7. The molecule has 0 amide bonds. The van der Waals surface area contributed by atoms with Crippen molar-refractivity contribution >= 4 is 37.5 Å². The van der Waals surface area contributed by atoms with Crippen LogP contribution < -0.4 is 5.30 Å². The Bertz CT molecular complexity index is 1280. The van der Waals surface area contributed by atoms with Crippen molar-refractivity contribution in [3.63, 3.8) is 0 Å². The van der Waals surface area contributed by atoms with Crippen LogP contribution in [-0.2, 0) is 19.0 Å². The fourth-order valence-electron chi connectivity index (χ4n) is 5.12. The number of carbonyl (C=O) groups is 1. The topological polar surface area (TPSA) is 49.7 Å². The quantitative estimate of drug-likeness (QED) is 0.258. The van der Waals surface area contributed by atoms with Crippen LogP contribution in [0, 0.1) is 0 Å². The number of aromatic nitrogens is 1. The number of carbonyl (C=O) groups excluding carboxylic acids is 1. The van der Waals surface area contributed by atoms with Gasteiger partial charge in [-0.2, -0.15) is 0 Å². The number of hydrogen-bond acceptors (Lipinski definition) is 4. The Balaban J connectivity index is 1.70. The van der Waals surface area contributed by atoms with E-state index in [1.165, 1.54) is 22.0 Å². The van der Waals surface area contributed by atoms with Crippen LogP contribution in [0.5, 0.6) is 0 Å². The highest BCUT2D eigenvalue weighted by molar-refractivity contribution is 7.27. The van der Waals surface area contributed by atoms with Crippen LogP contribution in [0.1, 0.15) is 73.0 Å². The minimum atomic E-state index is -0.803. The molecular weight excluding hydrogens is 481 g/mol. The van der Waals surface area contributed by atoms with Crippen LogP contribution in [0.4, 0.5) is 0 Å². The van der Waals surface area contributed by atoms with Gasteiger partial charge >= 0.3 is 5.97 Å². The van der Waals surface area contributed by atoms with Crippen molar-refractivity contribution in [2.45, 2.75) is 90.9 Å². The molecule has 0 aliphatic carbocycles. The van der Waals surface area contributed by atoms with Gasteiger partial charge in [-0.05, 0) is 71.5 Å². The Morgan fingerprint density at radius 2 is 1.81 bits per heavy atom. The molecule has 3 unspecified atom stereocenters. The van der Waals surface area contributed by atoms with Crippen molar-refractivity contribution in [3.8, 4) is 11.1 Å². The number of benzene rings is 2. The lowest BCUT2D eigenvalue weighted by Gasteiger charge is -2.39. The van der Waals surface area contributed by atoms with E-state index in [-0.39, 0.29) is 30.6 Å². The first-order chi connectivity index (χ1) is 17.3. The molecule has 198 valence electrons. The molecule has 0 spiro atoms. The maximum atomic E-state index is 12.5. The van der Waals surface area contributed by atoms with E-state index in [0.29, 0.717) is 6.42 Å². The van der Waals surface area contributed by atoms with Gasteiger partial charge in [0.1, 0.15) is 5.60 Å². The van der Waals surface area contributed by atoms with Crippen molar-refractivity contribution in [3.05, 3.63) is 60.3 Å². The average molecular weight is 522 g/mol. The summed E-state index contributed by atoms with van der Waals surface area (Å²) < 4.78 is 20.3. The third-order valence-electron chi connectivity index (χ3n) is 6.33. The summed E-state index contributed by atoms with van der Waals surface area (Å²) in [7, 11) is 2.76. The summed E-state index contributed by atoms with van der Waals surface area (Å²) in [5, 5.41) is 2.38. The second-order valence-electron chi connectivity index (χ2n) is 11.5. The van der Waals surface area contributed by atoms with Gasteiger partial charge in [0.25, 0.3) is 0 Å². The van der Waals surface area contributed by atoms with Gasteiger partial charge in [-0.15, -0.1) is 9.24 Å². The van der Waals surface area contributed by atoms with E-state index >= 15 is 0 Å². The molecule has 37 heavy (non-hydrogen) atoms.